The number of tetrazole rings is 1. The molecule has 4 heterocycles. The number of rotatable bonds is 8. The van der Waals surface area contributed by atoms with E-state index >= 15 is 4.39 Å². The number of hydrogen-bond acceptors (Lipinski definition) is 7. The number of aromatic nitrogens is 7. The maximum atomic E-state index is 15.4. The highest BCUT2D eigenvalue weighted by Crippen LogP contribution is 2.34. The second-order valence-corrected chi connectivity index (χ2v) is 10.6. The van der Waals surface area contributed by atoms with Gasteiger partial charge in [0.25, 0.3) is 6.33 Å². The molecular formula is C30H29ClFN8O3+. The fraction of sp³-hybridized carbons (Fsp3) is 0.267. The van der Waals surface area contributed by atoms with Crippen LogP contribution in [0.3, 0.4) is 0 Å². The molecule has 0 unspecified atom stereocenters. The van der Waals surface area contributed by atoms with Gasteiger partial charge in [0, 0.05) is 42.2 Å². The number of halogens is 2. The van der Waals surface area contributed by atoms with Crippen molar-refractivity contribution in [2.45, 2.75) is 37.8 Å². The van der Waals surface area contributed by atoms with Gasteiger partial charge in [-0.1, -0.05) is 35.0 Å². The van der Waals surface area contributed by atoms with E-state index in [-0.39, 0.29) is 22.7 Å². The van der Waals surface area contributed by atoms with Gasteiger partial charge in [-0.2, -0.15) is 5.10 Å². The molecule has 1 amide bonds. The fourth-order valence-electron chi connectivity index (χ4n) is 5.24. The summed E-state index contributed by atoms with van der Waals surface area (Å²) in [5.41, 5.74) is 4.57. The Balaban J connectivity index is 1.31. The molecule has 13 heteroatoms. The van der Waals surface area contributed by atoms with E-state index in [1.165, 1.54) is 24.2 Å². The monoisotopic (exact) mass is 603 g/mol. The second-order valence-electron chi connectivity index (χ2n) is 10.2. The third-order valence-electron chi connectivity index (χ3n) is 7.46. The number of hydrogen-bond donors (Lipinski definition) is 2. The molecule has 0 aliphatic carbocycles. The second kappa shape index (κ2) is 12.7. The minimum Gasteiger partial charge on any atom is -0.453 e. The highest BCUT2D eigenvalue weighted by atomic mass is 35.5. The molecule has 1 saturated heterocycles. The van der Waals surface area contributed by atoms with E-state index < -0.39 is 11.9 Å². The zero-order valence-corrected chi connectivity index (χ0v) is 24.0. The smallest absolute Gasteiger partial charge is 0.411 e. The van der Waals surface area contributed by atoms with E-state index in [1.54, 1.807) is 30.6 Å². The third-order valence-corrected chi connectivity index (χ3v) is 7.75. The van der Waals surface area contributed by atoms with Crippen LogP contribution in [0.1, 0.15) is 37.4 Å². The lowest BCUT2D eigenvalue weighted by atomic mass is 9.98. The van der Waals surface area contributed by atoms with Crippen LogP contribution < -0.4 is 10.00 Å². The molecule has 5 aromatic rings. The van der Waals surface area contributed by atoms with E-state index in [1.807, 2.05) is 35.1 Å². The van der Waals surface area contributed by atoms with Crippen molar-refractivity contribution in [1.82, 2.24) is 30.3 Å². The summed E-state index contributed by atoms with van der Waals surface area (Å²) in [5.74, 6) is -0.563. The maximum absolute atomic E-state index is 15.4. The molecule has 11 nitrogen and oxygen atoms in total. The first kappa shape index (κ1) is 28.4. The molecule has 3 aromatic heterocycles. The Morgan fingerprint density at radius 3 is 2.70 bits per heavy atom. The molecule has 0 bridgehead atoms. The minimum atomic E-state index is -0.563. The van der Waals surface area contributed by atoms with Gasteiger partial charge < -0.3 is 9.47 Å². The molecule has 1 aliphatic rings. The van der Waals surface area contributed by atoms with Gasteiger partial charge in [0.05, 0.1) is 41.7 Å². The highest BCUT2D eigenvalue weighted by molar-refractivity contribution is 6.31. The Labute approximate surface area is 251 Å². The van der Waals surface area contributed by atoms with Gasteiger partial charge in [-0.15, -0.1) is 4.68 Å². The van der Waals surface area contributed by atoms with E-state index in [9.17, 15) is 4.79 Å². The largest absolute Gasteiger partial charge is 0.453 e. The summed E-state index contributed by atoms with van der Waals surface area (Å²) in [6.45, 7) is 0.733. The first-order valence-corrected chi connectivity index (χ1v) is 14.2. The Morgan fingerprint density at radius 1 is 1.16 bits per heavy atom. The summed E-state index contributed by atoms with van der Waals surface area (Å²) in [7, 11) is 1.32. The van der Waals surface area contributed by atoms with Gasteiger partial charge in [0.2, 0.25) is 0 Å². The zero-order valence-electron chi connectivity index (χ0n) is 23.3. The standard InChI is InChI=1S/C30H28ClFN8O3/c1-42-30(41)36-22-8-5-19(6-9-22)21-16-35-39(17-21)27(14-23-4-2-3-13-43-23)25-11-7-20(15-33-25)28-26(40-18-34-37-38-40)12-10-24(31)29(28)32/h5-12,15-18,23,27H,2-4,13-14H2,1H3,(H,36,41)/p+1/t23-,27-/m0/s1. The van der Waals surface area contributed by atoms with Gasteiger partial charge in [-0.25, -0.2) is 9.18 Å². The molecule has 0 radical (unpaired) electrons. The number of pyridine rings is 1. The fourth-order valence-corrected chi connectivity index (χ4v) is 5.40. The number of nitrogens with one attached hydrogen (secondary N) is 2. The maximum Gasteiger partial charge on any atom is 0.411 e. The van der Waals surface area contributed by atoms with Crippen molar-refractivity contribution < 1.29 is 23.3 Å². The van der Waals surface area contributed by atoms with E-state index in [0.717, 1.165) is 42.7 Å². The third kappa shape index (κ3) is 6.25. The number of benzene rings is 2. The number of carbonyl (C=O) groups excluding carboxylic acids is 1. The summed E-state index contributed by atoms with van der Waals surface area (Å²) < 4.78 is 29.5. The zero-order chi connectivity index (χ0) is 29.8. The highest BCUT2D eigenvalue weighted by Gasteiger charge is 2.25. The van der Waals surface area contributed by atoms with Crippen molar-refractivity contribution >= 4 is 23.4 Å². The molecule has 1 fully saturated rings. The van der Waals surface area contributed by atoms with E-state index in [0.29, 0.717) is 23.4 Å². The van der Waals surface area contributed by atoms with Crippen molar-refractivity contribution in [1.29, 1.82) is 0 Å². The van der Waals surface area contributed by atoms with Crippen molar-refractivity contribution in [2.75, 3.05) is 19.0 Å². The van der Waals surface area contributed by atoms with Crippen LogP contribution in [0.5, 0.6) is 0 Å². The molecule has 2 N–H and O–H groups in total. The van der Waals surface area contributed by atoms with Gasteiger partial charge in [-0.05, 0) is 55.2 Å². The molecule has 0 saturated carbocycles. The number of H-pyrrole nitrogens is 1. The van der Waals surface area contributed by atoms with Gasteiger partial charge >= 0.3 is 6.09 Å². The van der Waals surface area contributed by atoms with E-state index in [2.05, 4.69) is 25.6 Å². The lowest BCUT2D eigenvalue weighted by molar-refractivity contribution is -0.659. The Hall–Kier alpha value is -4.68. The van der Waals surface area contributed by atoms with Gasteiger partial charge in [0.15, 0.2) is 11.0 Å². The Morgan fingerprint density at radius 2 is 2.00 bits per heavy atom. The van der Waals surface area contributed by atoms with Crippen LogP contribution in [0.25, 0.3) is 27.9 Å². The number of ether oxygens (including phenoxy) is 2. The van der Waals surface area contributed by atoms with Gasteiger partial charge in [0.1, 0.15) is 10.8 Å². The summed E-state index contributed by atoms with van der Waals surface area (Å²) in [6, 6.07) is 14.1. The van der Waals surface area contributed by atoms with Crippen LogP contribution in [0.4, 0.5) is 14.9 Å². The average Bonchev–Trinajstić information content (AvgIpc) is 3.76. The first-order valence-electron chi connectivity index (χ1n) is 13.8. The lowest BCUT2D eigenvalue weighted by Crippen LogP contribution is -2.33. The normalized spacial score (nSPS) is 15.7. The van der Waals surface area contributed by atoms with Crippen LogP contribution in [-0.4, -0.2) is 56.2 Å². The lowest BCUT2D eigenvalue weighted by Gasteiger charge is -2.27. The predicted molar refractivity (Wildman–Crippen MR) is 156 cm³/mol. The number of methoxy groups -OCH3 is 1. The molecule has 2 aromatic carbocycles. The summed E-state index contributed by atoms with van der Waals surface area (Å²) >= 11 is 6.16. The quantitative estimate of drug-likeness (QED) is 0.224. The van der Waals surface area contributed by atoms with Crippen LogP contribution in [-0.2, 0) is 9.47 Å². The van der Waals surface area contributed by atoms with Crippen molar-refractivity contribution in [2.24, 2.45) is 0 Å². The Kier molecular flexibility index (Phi) is 8.38. The topological polar surface area (TPSA) is 124 Å². The molecule has 2 atom stereocenters. The number of amides is 1. The van der Waals surface area contributed by atoms with Crippen molar-refractivity contribution in [3.63, 3.8) is 0 Å². The molecule has 220 valence electrons. The predicted octanol–water partition coefficient (Wildman–Crippen LogP) is 5.53. The number of aromatic amines is 1. The first-order chi connectivity index (χ1) is 21.0. The van der Waals surface area contributed by atoms with Crippen LogP contribution in [0.2, 0.25) is 5.02 Å². The van der Waals surface area contributed by atoms with Crippen molar-refractivity contribution in [3.05, 3.63) is 90.0 Å². The molecular weight excluding hydrogens is 575 g/mol. The average molecular weight is 604 g/mol. The van der Waals surface area contributed by atoms with E-state index in [4.69, 9.17) is 26.4 Å². The Bertz CT molecular complexity index is 1690. The summed E-state index contributed by atoms with van der Waals surface area (Å²) in [6.07, 6.45) is 10.2. The SMILES string of the molecule is COC(=O)Nc1ccc(-c2cnn([C@@H](C[C@@H]3CCCCO3)c3ccc(-c4c(-[n+]5cnn[nH]5)ccc(Cl)c4F)cn3)c2)cc1. The molecule has 1 aliphatic heterocycles. The summed E-state index contributed by atoms with van der Waals surface area (Å²) in [4.78, 5) is 16.3. The molecule has 43 heavy (non-hydrogen) atoms. The summed E-state index contributed by atoms with van der Waals surface area (Å²) in [5, 5.41) is 17.6. The molecule has 6 rings (SSSR count). The van der Waals surface area contributed by atoms with Crippen LogP contribution >= 0.6 is 11.6 Å². The number of nitrogens with zero attached hydrogens (tertiary/aromatic N) is 6. The molecule has 0 spiro atoms. The number of carbonyl (C=O) groups is 1. The minimum absolute atomic E-state index is 0.00130. The van der Waals surface area contributed by atoms with Crippen LogP contribution in [0.15, 0.2) is 73.4 Å². The van der Waals surface area contributed by atoms with Crippen molar-refractivity contribution in [3.8, 4) is 27.9 Å². The van der Waals surface area contributed by atoms with Gasteiger partial charge in [-0.3, -0.25) is 15.0 Å². The number of anilines is 1. The van der Waals surface area contributed by atoms with Crippen LogP contribution in [0, 0.1) is 5.82 Å².